The molecule has 3 amide bonds. The molecular weight excluding hydrogens is 564 g/mol. The Bertz CT molecular complexity index is 922. The molecule has 1 aromatic carbocycles. The standard InChI is InChI=1S/C13H24N2O.C10H19NO.C6H5Cl.C5H9NO2/c1-13(2,3)15-9-6-11(10-15)12(16)14-7-4-5-8-14;1-3-10(12)11-9-6-4-8(2)5-7-9;7-6-4-2-1-3-5-6;7-5-6-1-3-8-4-2-6/h11H,4-10H2,1-3H3;8-9H,3-7H2,1-2H3,(H,11,12);1-5H;5H,1-4H2. The van der Waals surface area contributed by atoms with Crippen LogP contribution in [0.1, 0.15) is 86.0 Å². The zero-order valence-electron chi connectivity index (χ0n) is 27.4. The van der Waals surface area contributed by atoms with E-state index in [9.17, 15) is 14.4 Å². The Morgan fingerprint density at radius 2 is 1.56 bits per heavy atom. The molecule has 1 aromatic rings. The minimum absolute atomic E-state index is 0.203. The minimum atomic E-state index is 0.203. The van der Waals surface area contributed by atoms with Crippen LogP contribution >= 0.6 is 11.6 Å². The number of carbonyl (C=O) groups excluding carboxylic acids is 3. The molecule has 1 unspecified atom stereocenters. The van der Waals surface area contributed by atoms with E-state index in [-0.39, 0.29) is 17.4 Å². The zero-order chi connectivity index (χ0) is 31.7. The van der Waals surface area contributed by atoms with Crippen molar-refractivity contribution >= 4 is 29.8 Å². The van der Waals surface area contributed by atoms with Crippen LogP contribution in [0.4, 0.5) is 0 Å². The third-order valence-corrected chi connectivity index (χ3v) is 8.79. The van der Waals surface area contributed by atoms with Gasteiger partial charge in [0.1, 0.15) is 0 Å². The fraction of sp³-hybridized carbons (Fsp3) is 0.735. The number of hydrogen-bond acceptors (Lipinski definition) is 5. The second kappa shape index (κ2) is 20.0. The van der Waals surface area contributed by atoms with Crippen molar-refractivity contribution in [3.05, 3.63) is 35.4 Å². The molecule has 8 nitrogen and oxygen atoms in total. The zero-order valence-corrected chi connectivity index (χ0v) is 28.1. The quantitative estimate of drug-likeness (QED) is 0.441. The minimum Gasteiger partial charge on any atom is -0.378 e. The predicted octanol–water partition coefficient (Wildman–Crippen LogP) is 5.64. The normalized spacial score (nSPS) is 23.9. The van der Waals surface area contributed by atoms with Gasteiger partial charge in [0.2, 0.25) is 18.2 Å². The highest BCUT2D eigenvalue weighted by atomic mass is 35.5. The highest BCUT2D eigenvalue weighted by Crippen LogP contribution is 2.27. The Morgan fingerprint density at radius 1 is 0.953 bits per heavy atom. The second-order valence-electron chi connectivity index (χ2n) is 13.1. The van der Waals surface area contributed by atoms with Crippen molar-refractivity contribution in [2.75, 3.05) is 52.5 Å². The van der Waals surface area contributed by atoms with E-state index >= 15 is 0 Å². The molecule has 4 aliphatic rings. The van der Waals surface area contributed by atoms with Crippen LogP contribution in [0.2, 0.25) is 5.02 Å². The number of rotatable bonds is 4. The van der Waals surface area contributed by atoms with Crippen LogP contribution in [0.5, 0.6) is 0 Å². The number of likely N-dealkylation sites (tertiary alicyclic amines) is 2. The summed E-state index contributed by atoms with van der Waals surface area (Å²) in [4.78, 5) is 39.5. The van der Waals surface area contributed by atoms with E-state index in [1.807, 2.05) is 37.3 Å². The van der Waals surface area contributed by atoms with Gasteiger partial charge in [0.25, 0.3) is 0 Å². The van der Waals surface area contributed by atoms with Gasteiger partial charge in [-0.05, 0) is 90.3 Å². The lowest BCUT2D eigenvalue weighted by atomic mass is 9.87. The summed E-state index contributed by atoms with van der Waals surface area (Å²) < 4.78 is 5.00. The fourth-order valence-electron chi connectivity index (χ4n) is 5.60. The summed E-state index contributed by atoms with van der Waals surface area (Å²) >= 11 is 5.54. The van der Waals surface area contributed by atoms with Crippen LogP contribution in [0.25, 0.3) is 0 Å². The van der Waals surface area contributed by atoms with Crippen molar-refractivity contribution in [3.8, 4) is 0 Å². The van der Waals surface area contributed by atoms with Crippen LogP contribution in [-0.4, -0.2) is 97.0 Å². The number of morpholine rings is 1. The molecule has 43 heavy (non-hydrogen) atoms. The third kappa shape index (κ3) is 14.9. The van der Waals surface area contributed by atoms with E-state index in [1.54, 1.807) is 4.90 Å². The van der Waals surface area contributed by atoms with Crippen LogP contribution in [0.3, 0.4) is 0 Å². The maximum Gasteiger partial charge on any atom is 0.227 e. The Kier molecular flexibility index (Phi) is 17.2. The fourth-order valence-corrected chi connectivity index (χ4v) is 5.74. The molecule has 0 spiro atoms. The topological polar surface area (TPSA) is 82.2 Å². The molecule has 0 bridgehead atoms. The average Bonchev–Trinajstić information content (AvgIpc) is 3.73. The van der Waals surface area contributed by atoms with E-state index in [0.717, 1.165) is 63.0 Å². The molecule has 0 aromatic heterocycles. The lowest BCUT2D eigenvalue weighted by molar-refractivity contribution is -0.134. The molecular formula is C34H57ClN4O4. The number of nitrogens with one attached hydrogen (secondary N) is 1. The van der Waals surface area contributed by atoms with E-state index in [1.165, 1.54) is 38.5 Å². The van der Waals surface area contributed by atoms with Crippen molar-refractivity contribution in [3.63, 3.8) is 0 Å². The number of carbonyl (C=O) groups is 3. The summed E-state index contributed by atoms with van der Waals surface area (Å²) in [6.45, 7) is 17.8. The maximum atomic E-state index is 12.2. The van der Waals surface area contributed by atoms with Crippen molar-refractivity contribution in [2.45, 2.75) is 97.6 Å². The summed E-state index contributed by atoms with van der Waals surface area (Å²) in [7, 11) is 0. The highest BCUT2D eigenvalue weighted by Gasteiger charge is 2.36. The smallest absolute Gasteiger partial charge is 0.227 e. The Hall–Kier alpha value is -2.16. The largest absolute Gasteiger partial charge is 0.378 e. The maximum absolute atomic E-state index is 12.2. The molecule has 244 valence electrons. The Morgan fingerprint density at radius 3 is 2.00 bits per heavy atom. The summed E-state index contributed by atoms with van der Waals surface area (Å²) in [6, 6.07) is 9.91. The van der Waals surface area contributed by atoms with Gasteiger partial charge in [-0.25, -0.2) is 0 Å². The summed E-state index contributed by atoms with van der Waals surface area (Å²) in [5, 5.41) is 3.84. The molecule has 3 aliphatic heterocycles. The van der Waals surface area contributed by atoms with Gasteiger partial charge in [0, 0.05) is 55.7 Å². The van der Waals surface area contributed by atoms with Gasteiger partial charge >= 0.3 is 0 Å². The SMILES string of the molecule is CC(C)(C)N1CCC(C(=O)N2CCCC2)C1.CCC(=O)NC1CCC(C)CC1.Clc1ccccc1.O=CN1CCOCC1. The van der Waals surface area contributed by atoms with Gasteiger partial charge in [-0.2, -0.15) is 0 Å². The average molecular weight is 621 g/mol. The molecule has 1 aliphatic carbocycles. The van der Waals surface area contributed by atoms with Gasteiger partial charge < -0.3 is 19.9 Å². The van der Waals surface area contributed by atoms with Gasteiger partial charge in [-0.15, -0.1) is 0 Å². The predicted molar refractivity (Wildman–Crippen MR) is 175 cm³/mol. The Balaban J connectivity index is 0.000000211. The van der Waals surface area contributed by atoms with E-state index in [0.29, 0.717) is 31.6 Å². The van der Waals surface area contributed by atoms with Gasteiger partial charge in [0.05, 0.1) is 19.1 Å². The van der Waals surface area contributed by atoms with Crippen molar-refractivity contribution in [1.82, 2.24) is 20.0 Å². The van der Waals surface area contributed by atoms with Crippen LogP contribution in [0.15, 0.2) is 30.3 Å². The molecule has 3 saturated heterocycles. The number of nitrogens with zero attached hydrogens (tertiary/aromatic N) is 3. The molecule has 3 heterocycles. The van der Waals surface area contributed by atoms with Gasteiger partial charge in [-0.3, -0.25) is 19.3 Å². The summed E-state index contributed by atoms with van der Waals surface area (Å²) in [5.74, 6) is 1.73. The Labute approximate surface area is 265 Å². The first-order chi connectivity index (χ1) is 20.5. The number of benzene rings is 1. The third-order valence-electron chi connectivity index (χ3n) is 8.53. The first-order valence-corrected chi connectivity index (χ1v) is 16.7. The molecule has 5 rings (SSSR count). The van der Waals surface area contributed by atoms with Crippen LogP contribution < -0.4 is 5.32 Å². The summed E-state index contributed by atoms with van der Waals surface area (Å²) in [5.41, 5.74) is 0.208. The molecule has 1 atom stereocenters. The van der Waals surface area contributed by atoms with Crippen LogP contribution in [-0.2, 0) is 19.1 Å². The number of ether oxygens (including phenoxy) is 1. The van der Waals surface area contributed by atoms with E-state index in [4.69, 9.17) is 16.3 Å². The first-order valence-electron chi connectivity index (χ1n) is 16.3. The second-order valence-corrected chi connectivity index (χ2v) is 13.5. The van der Waals surface area contributed by atoms with Gasteiger partial charge in [-0.1, -0.05) is 43.6 Å². The molecule has 0 radical (unpaired) electrons. The number of halogens is 1. The number of hydrogen-bond donors (Lipinski definition) is 1. The first kappa shape index (κ1) is 37.0. The molecule has 1 saturated carbocycles. The monoisotopic (exact) mass is 620 g/mol. The highest BCUT2D eigenvalue weighted by molar-refractivity contribution is 6.30. The van der Waals surface area contributed by atoms with Crippen molar-refractivity contribution < 1.29 is 19.1 Å². The van der Waals surface area contributed by atoms with Gasteiger partial charge in [0.15, 0.2) is 0 Å². The molecule has 1 N–H and O–H groups in total. The van der Waals surface area contributed by atoms with E-state index in [2.05, 4.69) is 42.8 Å². The summed E-state index contributed by atoms with van der Waals surface area (Å²) in [6.07, 6.45) is 9.81. The molecule has 4 fully saturated rings. The van der Waals surface area contributed by atoms with E-state index < -0.39 is 0 Å². The lowest BCUT2D eigenvalue weighted by Gasteiger charge is -2.31. The van der Waals surface area contributed by atoms with Crippen molar-refractivity contribution in [2.24, 2.45) is 11.8 Å². The number of amides is 3. The lowest BCUT2D eigenvalue weighted by Crippen LogP contribution is -2.41. The van der Waals surface area contributed by atoms with Crippen LogP contribution in [0, 0.1) is 11.8 Å². The molecule has 9 heteroatoms. The van der Waals surface area contributed by atoms with Crippen molar-refractivity contribution in [1.29, 1.82) is 0 Å².